The summed E-state index contributed by atoms with van der Waals surface area (Å²) in [5, 5.41) is 4.67. The predicted molar refractivity (Wildman–Crippen MR) is 131 cm³/mol. The van der Waals surface area contributed by atoms with Crippen LogP contribution < -0.4 is 10.0 Å². The van der Waals surface area contributed by atoms with Crippen molar-refractivity contribution in [1.82, 2.24) is 0 Å². The highest BCUT2D eigenvalue weighted by Crippen LogP contribution is 2.29. The van der Waals surface area contributed by atoms with Crippen LogP contribution in [0.3, 0.4) is 0 Å². The van der Waals surface area contributed by atoms with Crippen LogP contribution in [0.4, 0.5) is 11.4 Å². The number of amides is 1. The number of carbonyl (C=O) groups excluding carboxylic acids is 2. The lowest BCUT2D eigenvalue weighted by Gasteiger charge is -2.12. The average molecular weight is 497 g/mol. The van der Waals surface area contributed by atoms with E-state index in [1.807, 2.05) is 0 Å². The third kappa shape index (κ3) is 5.14. The number of halogens is 1. The molecule has 0 bridgehead atoms. The molecule has 4 aromatic rings. The van der Waals surface area contributed by atoms with Crippen LogP contribution in [-0.4, -0.2) is 20.1 Å². The second kappa shape index (κ2) is 9.58. The highest BCUT2D eigenvalue weighted by Gasteiger charge is 2.22. The first kappa shape index (κ1) is 22.7. The lowest BCUT2D eigenvalue weighted by Crippen LogP contribution is -2.18. The number of rotatable bonds is 7. The van der Waals surface area contributed by atoms with Crippen molar-refractivity contribution in [3.63, 3.8) is 0 Å². The van der Waals surface area contributed by atoms with Crippen LogP contribution in [0.1, 0.15) is 25.6 Å². The van der Waals surface area contributed by atoms with Crippen molar-refractivity contribution in [3.05, 3.63) is 111 Å². The maximum atomic E-state index is 13.0. The fourth-order valence-electron chi connectivity index (χ4n) is 3.11. The summed E-state index contributed by atoms with van der Waals surface area (Å²) in [6.07, 6.45) is 0. The van der Waals surface area contributed by atoms with E-state index in [1.165, 1.54) is 30.3 Å². The number of carbonyl (C=O) groups is 2. The molecule has 3 aromatic carbocycles. The van der Waals surface area contributed by atoms with Crippen molar-refractivity contribution < 1.29 is 18.0 Å². The minimum atomic E-state index is -3.87. The summed E-state index contributed by atoms with van der Waals surface area (Å²) in [7, 11) is -3.87. The number of thiophene rings is 1. The Morgan fingerprint density at radius 2 is 1.48 bits per heavy atom. The van der Waals surface area contributed by atoms with Crippen molar-refractivity contribution in [2.24, 2.45) is 0 Å². The van der Waals surface area contributed by atoms with Crippen molar-refractivity contribution in [3.8, 4) is 0 Å². The second-order valence-electron chi connectivity index (χ2n) is 6.92. The number of anilines is 2. The molecule has 4 rings (SSSR count). The molecular weight excluding hydrogens is 480 g/mol. The van der Waals surface area contributed by atoms with E-state index < -0.39 is 15.9 Å². The van der Waals surface area contributed by atoms with Crippen molar-refractivity contribution in [2.45, 2.75) is 4.90 Å². The first-order valence-electron chi connectivity index (χ1n) is 9.71. The van der Waals surface area contributed by atoms with Crippen LogP contribution in [0.5, 0.6) is 0 Å². The molecular formula is C24H17ClN2O4S2. The minimum absolute atomic E-state index is 0.0796. The van der Waals surface area contributed by atoms with Gasteiger partial charge in [0.1, 0.15) is 4.88 Å². The number of nitrogens with one attached hydrogen (secondary N) is 2. The quantitative estimate of drug-likeness (QED) is 0.322. The van der Waals surface area contributed by atoms with Gasteiger partial charge in [-0.05, 0) is 41.8 Å². The van der Waals surface area contributed by atoms with Crippen LogP contribution in [0.25, 0.3) is 0 Å². The topological polar surface area (TPSA) is 92.3 Å². The summed E-state index contributed by atoms with van der Waals surface area (Å²) in [6, 6.07) is 22.6. The van der Waals surface area contributed by atoms with Gasteiger partial charge in [-0.1, -0.05) is 60.1 Å². The van der Waals surface area contributed by atoms with Gasteiger partial charge in [-0.3, -0.25) is 14.3 Å². The fourth-order valence-corrected chi connectivity index (χ4v) is 5.18. The van der Waals surface area contributed by atoms with Gasteiger partial charge in [-0.15, -0.1) is 11.3 Å². The molecule has 6 nitrogen and oxygen atoms in total. The molecule has 0 spiro atoms. The van der Waals surface area contributed by atoms with E-state index in [0.29, 0.717) is 10.6 Å². The van der Waals surface area contributed by atoms with E-state index in [2.05, 4.69) is 10.0 Å². The van der Waals surface area contributed by atoms with Gasteiger partial charge >= 0.3 is 0 Å². The van der Waals surface area contributed by atoms with Crippen LogP contribution in [0.2, 0.25) is 5.02 Å². The molecule has 1 heterocycles. The molecule has 2 N–H and O–H groups in total. The maximum Gasteiger partial charge on any atom is 0.267 e. The Kier molecular flexibility index (Phi) is 6.60. The Morgan fingerprint density at radius 3 is 2.18 bits per heavy atom. The van der Waals surface area contributed by atoms with E-state index in [0.717, 1.165) is 11.3 Å². The van der Waals surface area contributed by atoms with Crippen LogP contribution in [0, 0.1) is 0 Å². The minimum Gasteiger partial charge on any atom is -0.321 e. The molecule has 0 saturated heterocycles. The third-order valence-corrected chi connectivity index (χ3v) is 7.21. The van der Waals surface area contributed by atoms with E-state index in [1.54, 1.807) is 60.0 Å². The van der Waals surface area contributed by atoms with Crippen LogP contribution in [0.15, 0.2) is 95.2 Å². The van der Waals surface area contributed by atoms with Gasteiger partial charge in [0, 0.05) is 16.1 Å². The SMILES string of the molecule is O=C(c1ccccc1)c1cc(Cl)ccc1NC(=O)c1sccc1NS(=O)(=O)c1ccccc1. The molecule has 0 fully saturated rings. The summed E-state index contributed by atoms with van der Waals surface area (Å²) in [4.78, 5) is 26.3. The standard InChI is InChI=1S/C24H17ClN2O4S2/c25-17-11-12-20(19(15-17)22(28)16-7-3-1-4-8-16)26-24(29)23-21(13-14-32-23)27-33(30,31)18-9-5-2-6-10-18/h1-15,27H,(H,26,29). The molecule has 0 unspecified atom stereocenters. The van der Waals surface area contributed by atoms with E-state index in [9.17, 15) is 18.0 Å². The monoisotopic (exact) mass is 496 g/mol. The zero-order valence-corrected chi connectivity index (χ0v) is 19.4. The van der Waals surface area contributed by atoms with Gasteiger partial charge in [-0.2, -0.15) is 0 Å². The molecule has 0 aliphatic heterocycles. The molecule has 0 radical (unpaired) electrons. The van der Waals surface area contributed by atoms with Gasteiger partial charge in [0.15, 0.2) is 5.78 Å². The molecule has 0 saturated carbocycles. The first-order valence-corrected chi connectivity index (χ1v) is 12.5. The Bertz CT molecular complexity index is 1420. The predicted octanol–water partition coefficient (Wildman–Crippen LogP) is 5.69. The number of sulfonamides is 1. The molecule has 33 heavy (non-hydrogen) atoms. The van der Waals surface area contributed by atoms with Crippen molar-refractivity contribution in [2.75, 3.05) is 10.0 Å². The van der Waals surface area contributed by atoms with Gasteiger partial charge < -0.3 is 5.32 Å². The van der Waals surface area contributed by atoms with Gasteiger partial charge in [-0.25, -0.2) is 8.42 Å². The third-order valence-electron chi connectivity index (χ3n) is 4.68. The van der Waals surface area contributed by atoms with Gasteiger partial charge in [0.05, 0.1) is 16.3 Å². The van der Waals surface area contributed by atoms with Gasteiger partial charge in [0.2, 0.25) is 0 Å². The Hall–Kier alpha value is -3.46. The Labute approximate surface area is 199 Å². The zero-order chi connectivity index (χ0) is 23.4. The number of benzene rings is 3. The largest absolute Gasteiger partial charge is 0.321 e. The molecule has 0 atom stereocenters. The fraction of sp³-hybridized carbons (Fsp3) is 0. The highest BCUT2D eigenvalue weighted by molar-refractivity contribution is 7.92. The number of ketones is 1. The summed E-state index contributed by atoms with van der Waals surface area (Å²) >= 11 is 7.18. The van der Waals surface area contributed by atoms with Gasteiger partial charge in [0.25, 0.3) is 15.9 Å². The highest BCUT2D eigenvalue weighted by atomic mass is 35.5. The lowest BCUT2D eigenvalue weighted by atomic mass is 10.0. The molecule has 166 valence electrons. The van der Waals surface area contributed by atoms with E-state index >= 15 is 0 Å². The van der Waals surface area contributed by atoms with Crippen molar-refractivity contribution in [1.29, 1.82) is 0 Å². The lowest BCUT2D eigenvalue weighted by molar-refractivity contribution is 0.103. The second-order valence-corrected chi connectivity index (χ2v) is 9.96. The van der Waals surface area contributed by atoms with E-state index in [-0.39, 0.29) is 32.5 Å². The Morgan fingerprint density at radius 1 is 0.818 bits per heavy atom. The van der Waals surface area contributed by atoms with Crippen LogP contribution in [-0.2, 0) is 10.0 Å². The molecule has 1 amide bonds. The molecule has 0 aliphatic carbocycles. The smallest absolute Gasteiger partial charge is 0.267 e. The number of hydrogen-bond donors (Lipinski definition) is 2. The molecule has 9 heteroatoms. The van der Waals surface area contributed by atoms with Crippen LogP contribution >= 0.6 is 22.9 Å². The van der Waals surface area contributed by atoms with E-state index in [4.69, 9.17) is 11.6 Å². The summed E-state index contributed by atoms with van der Waals surface area (Å²) in [6.45, 7) is 0. The number of hydrogen-bond acceptors (Lipinski definition) is 5. The normalized spacial score (nSPS) is 11.1. The van der Waals surface area contributed by atoms with Crippen molar-refractivity contribution >= 4 is 56.0 Å². The average Bonchev–Trinajstić information content (AvgIpc) is 3.28. The first-order chi connectivity index (χ1) is 15.8. The summed E-state index contributed by atoms with van der Waals surface area (Å²) < 4.78 is 27.8. The molecule has 0 aliphatic rings. The summed E-state index contributed by atoms with van der Waals surface area (Å²) in [5.74, 6) is -0.857. The summed E-state index contributed by atoms with van der Waals surface area (Å²) in [5.41, 5.74) is 1.09. The Balaban J connectivity index is 1.61. The maximum absolute atomic E-state index is 13.0. The molecule has 1 aromatic heterocycles. The zero-order valence-electron chi connectivity index (χ0n) is 17.0.